The minimum absolute atomic E-state index is 1.06. The smallest absolute Gasteiger partial charge is 0.00166 e. The van der Waals surface area contributed by atoms with Crippen LogP contribution >= 0.6 is 0 Å². The Balaban J connectivity index is 2.13. The molecule has 0 aromatic heterocycles. The van der Waals surface area contributed by atoms with Crippen molar-refractivity contribution in [2.45, 2.75) is 19.3 Å². The molecule has 0 radical (unpaired) electrons. The number of hydrogen-bond acceptors (Lipinski definition) is 0. The number of fused-ring (bicyclic) bond motifs is 2. The molecule has 0 fully saturated rings. The Morgan fingerprint density at radius 3 is 2.87 bits per heavy atom. The molecule has 0 nitrogen and oxygen atoms in total. The van der Waals surface area contributed by atoms with Gasteiger partial charge in [0.2, 0.25) is 0 Å². The van der Waals surface area contributed by atoms with Crippen LogP contribution in [-0.4, -0.2) is 0 Å². The van der Waals surface area contributed by atoms with E-state index in [1.807, 2.05) is 0 Å². The highest BCUT2D eigenvalue weighted by Gasteiger charge is 2.21. The number of allylic oxidation sites excluding steroid dienone is 12. The van der Waals surface area contributed by atoms with Crippen LogP contribution in [0.5, 0.6) is 0 Å². The van der Waals surface area contributed by atoms with Gasteiger partial charge in [0.25, 0.3) is 0 Å². The second-order valence-electron chi connectivity index (χ2n) is 4.13. The molecule has 0 N–H and O–H groups in total. The van der Waals surface area contributed by atoms with E-state index in [4.69, 9.17) is 0 Å². The molecule has 0 amide bonds. The summed E-state index contributed by atoms with van der Waals surface area (Å²) in [6, 6.07) is 0. The highest BCUT2D eigenvalue weighted by Crippen LogP contribution is 2.39. The fraction of sp³-hybridized carbons (Fsp3) is 0.200. The van der Waals surface area contributed by atoms with Gasteiger partial charge in [-0.25, -0.2) is 0 Å². The third-order valence-corrected chi connectivity index (χ3v) is 3.14. The zero-order valence-electron chi connectivity index (χ0n) is 8.74. The Hall–Kier alpha value is -1.56. The molecule has 0 saturated carbocycles. The van der Waals surface area contributed by atoms with E-state index in [2.05, 4.69) is 48.6 Å². The fourth-order valence-corrected chi connectivity index (χ4v) is 2.39. The second-order valence-corrected chi connectivity index (χ2v) is 4.13. The summed E-state index contributed by atoms with van der Waals surface area (Å²) in [7, 11) is 0. The van der Waals surface area contributed by atoms with Crippen molar-refractivity contribution >= 4 is 0 Å². The van der Waals surface area contributed by atoms with E-state index >= 15 is 0 Å². The van der Waals surface area contributed by atoms with E-state index in [9.17, 15) is 0 Å². The zero-order chi connectivity index (χ0) is 10.1. The Morgan fingerprint density at radius 1 is 0.933 bits per heavy atom. The first kappa shape index (κ1) is 8.72. The molecule has 3 aliphatic carbocycles. The van der Waals surface area contributed by atoms with Crippen molar-refractivity contribution in [3.63, 3.8) is 0 Å². The van der Waals surface area contributed by atoms with Crippen LogP contribution in [0.15, 0.2) is 70.9 Å². The van der Waals surface area contributed by atoms with Crippen molar-refractivity contribution in [3.05, 3.63) is 70.9 Å². The summed E-state index contributed by atoms with van der Waals surface area (Å²) in [6.07, 6.45) is 21.3. The van der Waals surface area contributed by atoms with E-state index in [0.717, 1.165) is 19.3 Å². The summed E-state index contributed by atoms with van der Waals surface area (Å²) in [5.74, 6) is 0. The normalized spacial score (nSPS) is 22.9. The van der Waals surface area contributed by atoms with Gasteiger partial charge < -0.3 is 0 Å². The molecule has 0 heteroatoms. The molecule has 3 aliphatic rings. The first-order valence-electron chi connectivity index (χ1n) is 5.58. The molecule has 0 unspecified atom stereocenters. The van der Waals surface area contributed by atoms with Gasteiger partial charge in [-0.2, -0.15) is 0 Å². The maximum absolute atomic E-state index is 2.35. The summed E-state index contributed by atoms with van der Waals surface area (Å²) < 4.78 is 0. The zero-order valence-corrected chi connectivity index (χ0v) is 8.74. The Bertz CT molecular complexity index is 462. The number of rotatable bonds is 0. The molecule has 0 atom stereocenters. The summed E-state index contributed by atoms with van der Waals surface area (Å²) in [6.45, 7) is 0. The predicted molar refractivity (Wildman–Crippen MR) is 64.5 cm³/mol. The van der Waals surface area contributed by atoms with E-state index in [0.29, 0.717) is 0 Å². The van der Waals surface area contributed by atoms with Crippen LogP contribution in [0.4, 0.5) is 0 Å². The monoisotopic (exact) mass is 194 g/mol. The molecular formula is C15H14. The Kier molecular flexibility index (Phi) is 2.06. The SMILES string of the molecule is C1=CCC=C2CC3=C(C=CCC=C3)C2=C1. The quantitative estimate of drug-likeness (QED) is 0.546. The van der Waals surface area contributed by atoms with E-state index in [1.165, 1.54) is 22.3 Å². The molecule has 0 saturated heterocycles. The van der Waals surface area contributed by atoms with Gasteiger partial charge in [-0.3, -0.25) is 0 Å². The molecule has 0 aliphatic heterocycles. The van der Waals surface area contributed by atoms with Gasteiger partial charge in [0.15, 0.2) is 0 Å². The molecule has 15 heavy (non-hydrogen) atoms. The van der Waals surface area contributed by atoms with Crippen molar-refractivity contribution in [2.75, 3.05) is 0 Å². The van der Waals surface area contributed by atoms with Crippen molar-refractivity contribution in [1.29, 1.82) is 0 Å². The highest BCUT2D eigenvalue weighted by atomic mass is 14.2. The maximum Gasteiger partial charge on any atom is -0.00166 e. The first-order chi connectivity index (χ1) is 7.45. The summed E-state index contributed by atoms with van der Waals surface area (Å²) in [5.41, 5.74) is 5.85. The minimum atomic E-state index is 1.06. The van der Waals surface area contributed by atoms with E-state index < -0.39 is 0 Å². The third-order valence-electron chi connectivity index (χ3n) is 3.14. The molecule has 74 valence electrons. The third kappa shape index (κ3) is 1.46. The minimum Gasteiger partial charge on any atom is -0.0807 e. The Morgan fingerprint density at radius 2 is 1.87 bits per heavy atom. The molecule has 3 rings (SSSR count). The van der Waals surface area contributed by atoms with Crippen LogP contribution in [0.1, 0.15) is 19.3 Å². The van der Waals surface area contributed by atoms with Crippen LogP contribution < -0.4 is 0 Å². The summed E-state index contributed by atoms with van der Waals surface area (Å²) in [4.78, 5) is 0. The van der Waals surface area contributed by atoms with Crippen LogP contribution in [-0.2, 0) is 0 Å². The topological polar surface area (TPSA) is 0 Å². The van der Waals surface area contributed by atoms with Crippen LogP contribution in [0, 0.1) is 0 Å². The highest BCUT2D eigenvalue weighted by molar-refractivity contribution is 5.65. The van der Waals surface area contributed by atoms with Crippen LogP contribution in [0.2, 0.25) is 0 Å². The van der Waals surface area contributed by atoms with Crippen LogP contribution in [0.25, 0.3) is 0 Å². The van der Waals surface area contributed by atoms with Gasteiger partial charge in [-0.15, -0.1) is 0 Å². The number of hydrogen-bond donors (Lipinski definition) is 0. The van der Waals surface area contributed by atoms with Gasteiger partial charge in [-0.05, 0) is 41.6 Å². The van der Waals surface area contributed by atoms with Gasteiger partial charge in [0.1, 0.15) is 0 Å². The summed E-state index contributed by atoms with van der Waals surface area (Å²) >= 11 is 0. The molecule has 0 aromatic carbocycles. The van der Waals surface area contributed by atoms with Gasteiger partial charge in [-0.1, -0.05) is 48.6 Å². The lowest BCUT2D eigenvalue weighted by atomic mass is 10.0. The average molecular weight is 194 g/mol. The molecular weight excluding hydrogens is 180 g/mol. The van der Waals surface area contributed by atoms with E-state index in [1.54, 1.807) is 0 Å². The standard InChI is InChI=1S/C15H14/c1-3-7-12-11-13-8-4-2-6-10-15(13)14(12)9-5-1/h1,4-10H,2-3,11H2. The summed E-state index contributed by atoms with van der Waals surface area (Å²) in [5, 5.41) is 0. The van der Waals surface area contributed by atoms with Crippen molar-refractivity contribution < 1.29 is 0 Å². The predicted octanol–water partition coefficient (Wildman–Crippen LogP) is 4.02. The van der Waals surface area contributed by atoms with Crippen molar-refractivity contribution in [1.82, 2.24) is 0 Å². The van der Waals surface area contributed by atoms with Crippen LogP contribution in [0.3, 0.4) is 0 Å². The largest absolute Gasteiger partial charge is 0.0807 e. The van der Waals surface area contributed by atoms with Gasteiger partial charge in [0.05, 0.1) is 0 Å². The average Bonchev–Trinajstić information content (AvgIpc) is 2.51. The lowest BCUT2D eigenvalue weighted by Gasteiger charge is -2.01. The molecule has 0 spiro atoms. The maximum atomic E-state index is 2.35. The fourth-order valence-electron chi connectivity index (χ4n) is 2.39. The van der Waals surface area contributed by atoms with Crippen molar-refractivity contribution in [3.8, 4) is 0 Å². The van der Waals surface area contributed by atoms with E-state index in [-0.39, 0.29) is 0 Å². The second kappa shape index (κ2) is 3.54. The molecule has 0 aromatic rings. The first-order valence-corrected chi connectivity index (χ1v) is 5.58. The Labute approximate surface area is 90.7 Å². The van der Waals surface area contributed by atoms with Crippen molar-refractivity contribution in [2.24, 2.45) is 0 Å². The lowest BCUT2D eigenvalue weighted by molar-refractivity contribution is 1.21. The van der Waals surface area contributed by atoms with Gasteiger partial charge in [0, 0.05) is 0 Å². The molecule has 0 bridgehead atoms. The molecule has 0 heterocycles. The lowest BCUT2D eigenvalue weighted by Crippen LogP contribution is -1.82. The van der Waals surface area contributed by atoms with Gasteiger partial charge >= 0.3 is 0 Å².